The van der Waals surface area contributed by atoms with Gasteiger partial charge in [0.15, 0.2) is 0 Å². The van der Waals surface area contributed by atoms with Crippen LogP contribution in [0.5, 0.6) is 5.75 Å². The van der Waals surface area contributed by atoms with E-state index >= 15 is 4.39 Å². The molecule has 4 N–H and O–H groups in total. The molecule has 3 fully saturated rings. The van der Waals surface area contributed by atoms with Crippen molar-refractivity contribution >= 4 is 35.3 Å². The Labute approximate surface area is 384 Å². The molecule has 3 saturated heterocycles. The highest BCUT2D eigenvalue weighted by atomic mass is 19.4. The minimum absolute atomic E-state index is 0.0103. The molecule has 0 radical (unpaired) electrons. The van der Waals surface area contributed by atoms with Crippen LogP contribution in [0.2, 0.25) is 0 Å². The van der Waals surface area contributed by atoms with Gasteiger partial charge in [-0.2, -0.15) is 0 Å². The molecule has 67 heavy (non-hydrogen) atoms. The molecule has 3 aliphatic heterocycles. The van der Waals surface area contributed by atoms with Gasteiger partial charge >= 0.3 is 12.5 Å². The molecular weight excluding hydrogens is 885 g/mol. The maximum atomic E-state index is 15.7. The highest BCUT2D eigenvalue weighted by Gasteiger charge is 2.44. The van der Waals surface area contributed by atoms with E-state index in [0.717, 1.165) is 12.1 Å². The number of aliphatic hydroxyl groups excluding tert-OH is 1. The Bertz CT molecular complexity index is 2410. The average molecular weight is 939 g/mol. The summed E-state index contributed by atoms with van der Waals surface area (Å²) in [5.41, 5.74) is -0.199. The third-order valence-corrected chi connectivity index (χ3v) is 12.2. The van der Waals surface area contributed by atoms with Crippen molar-refractivity contribution in [3.05, 3.63) is 78.1 Å². The fourth-order valence-corrected chi connectivity index (χ4v) is 8.65. The summed E-state index contributed by atoms with van der Waals surface area (Å²) in [6.45, 7) is 7.34. The number of halogens is 4. The first-order chi connectivity index (χ1) is 31.9. The number of H-pyrrole nitrogens is 1. The molecule has 4 atom stereocenters. The number of hydrogen-bond acceptors (Lipinski definition) is 12. The molecule has 0 aliphatic carbocycles. The summed E-state index contributed by atoms with van der Waals surface area (Å²) in [7, 11) is 2.77. The number of imidazole rings is 1. The average Bonchev–Trinajstić information content (AvgIpc) is 3.99. The Kier molecular flexibility index (Phi) is 14.7. The number of anilines is 2. The van der Waals surface area contributed by atoms with Crippen LogP contribution >= 0.6 is 0 Å². The highest BCUT2D eigenvalue weighted by molar-refractivity contribution is 6.04. The molecule has 0 bridgehead atoms. The van der Waals surface area contributed by atoms with E-state index in [1.165, 1.54) is 31.5 Å². The minimum Gasteiger partial charge on any atom is -0.453 e. The van der Waals surface area contributed by atoms with Gasteiger partial charge in [0.2, 0.25) is 11.8 Å². The number of rotatable bonds is 12. The number of benzene rings is 2. The van der Waals surface area contributed by atoms with Crippen LogP contribution in [0.25, 0.3) is 22.4 Å². The number of carbonyl (C=O) groups excluding carboxylic acids is 4. The Balaban J connectivity index is 1.06. The molecule has 0 saturated carbocycles. The number of carbonyl (C=O) groups is 4. The zero-order chi connectivity index (χ0) is 48.2. The topological polar surface area (TPSA) is 201 Å². The highest BCUT2D eigenvalue weighted by Crippen LogP contribution is 2.40. The SMILES string of the molecule is COC(=O)N[C@H](C(=O)N1C[C@@H](OC)C[C@H]1c1ncc(-c2ccc(-c3cc(F)c(NC(=O)c4ccc(N5CCN(C(=O)C(C)(C)C)[C@@H](CO)C5)nc4)cc3OC(F)(F)F)cc2)[nH]1)C1CCOCC1. The van der Waals surface area contributed by atoms with Gasteiger partial charge in [0.25, 0.3) is 5.91 Å². The second-order valence-corrected chi connectivity index (χ2v) is 17.7. The standard InChI is InChI=1S/C46H54F4N8O9/c1-45(2,3)43(62)57-15-14-56(23-30(57)25-59)38-11-10-29(21-51-38)41(60)54-34-20-37(67-46(48,49)50)32(19-33(34)47)26-6-8-27(9-7-26)35-22-52-40(53-35)36-18-31(64-4)24-58(36)42(61)39(55-44(63)65-5)28-12-16-66-17-13-28/h6-11,19-22,28,30-31,36,39,59H,12-18,23-25H2,1-5H3,(H,52,53)(H,54,60)(H,55,63)/t30-,31+,36+,39+/m1/s1. The lowest BCUT2D eigenvalue weighted by Gasteiger charge is -2.43. The number of methoxy groups -OCH3 is 2. The molecule has 21 heteroatoms. The Morgan fingerprint density at radius 2 is 1.66 bits per heavy atom. The largest absolute Gasteiger partial charge is 0.573 e. The van der Waals surface area contributed by atoms with Crippen molar-refractivity contribution in [3.8, 4) is 28.1 Å². The third kappa shape index (κ3) is 11.3. The normalized spacial score (nSPS) is 19.8. The monoisotopic (exact) mass is 938 g/mol. The smallest absolute Gasteiger partial charge is 0.453 e. The van der Waals surface area contributed by atoms with E-state index in [1.807, 2.05) is 4.90 Å². The maximum absolute atomic E-state index is 15.7. The summed E-state index contributed by atoms with van der Waals surface area (Å²) in [5, 5.41) is 15.1. The number of alkyl halides is 3. The Morgan fingerprint density at radius 3 is 2.28 bits per heavy atom. The molecule has 2 aromatic heterocycles. The number of alkyl carbamates (subject to hydrolysis) is 1. The molecular formula is C46H54F4N8O9. The van der Waals surface area contributed by atoms with Crippen molar-refractivity contribution in [2.45, 2.75) is 70.6 Å². The molecule has 2 aromatic carbocycles. The zero-order valence-corrected chi connectivity index (χ0v) is 37.7. The van der Waals surface area contributed by atoms with Crippen LogP contribution in [-0.4, -0.2) is 138 Å². The van der Waals surface area contributed by atoms with Crippen LogP contribution in [-0.2, 0) is 23.8 Å². The number of aromatic amines is 1. The molecule has 17 nitrogen and oxygen atoms in total. The van der Waals surface area contributed by atoms with Crippen molar-refractivity contribution in [3.63, 3.8) is 0 Å². The second kappa shape index (κ2) is 20.3. The predicted molar refractivity (Wildman–Crippen MR) is 235 cm³/mol. The summed E-state index contributed by atoms with van der Waals surface area (Å²) in [6, 6.07) is 8.83. The number of pyridine rings is 1. The van der Waals surface area contributed by atoms with E-state index in [9.17, 15) is 37.5 Å². The first kappa shape index (κ1) is 48.6. The number of aliphatic hydroxyl groups is 1. The van der Waals surface area contributed by atoms with E-state index in [2.05, 4.69) is 30.3 Å². The number of likely N-dealkylation sites (tertiary alicyclic amines) is 1. The van der Waals surface area contributed by atoms with Gasteiger partial charge in [-0.15, -0.1) is 13.2 Å². The van der Waals surface area contributed by atoms with Gasteiger partial charge in [0.1, 0.15) is 29.3 Å². The number of piperazine rings is 1. The van der Waals surface area contributed by atoms with Crippen molar-refractivity contribution in [2.24, 2.45) is 11.3 Å². The molecule has 3 aliphatic rings. The molecule has 0 spiro atoms. The van der Waals surface area contributed by atoms with Gasteiger partial charge in [-0.05, 0) is 48.1 Å². The van der Waals surface area contributed by atoms with E-state index in [0.29, 0.717) is 75.0 Å². The van der Waals surface area contributed by atoms with E-state index < -0.39 is 59.2 Å². The van der Waals surface area contributed by atoms with Gasteiger partial charge in [-0.3, -0.25) is 14.4 Å². The van der Waals surface area contributed by atoms with Gasteiger partial charge < -0.3 is 54.4 Å². The molecule has 4 amide bonds. The van der Waals surface area contributed by atoms with Crippen LogP contribution in [0.15, 0.2) is 60.9 Å². The van der Waals surface area contributed by atoms with E-state index in [-0.39, 0.29) is 53.7 Å². The molecule has 4 aromatic rings. The quantitative estimate of drug-likeness (QED) is 0.122. The maximum Gasteiger partial charge on any atom is 0.573 e. The Hall–Kier alpha value is -6.32. The van der Waals surface area contributed by atoms with Crippen molar-refractivity contribution in [2.75, 3.05) is 70.4 Å². The van der Waals surface area contributed by atoms with Crippen molar-refractivity contribution in [1.82, 2.24) is 30.1 Å². The number of nitrogens with one attached hydrogen (secondary N) is 3. The van der Waals surface area contributed by atoms with Gasteiger partial charge in [-0.25, -0.2) is 19.2 Å². The molecule has 0 unspecified atom stereocenters. The first-order valence-corrected chi connectivity index (χ1v) is 21.8. The number of hydrogen-bond donors (Lipinski definition) is 4. The molecule has 5 heterocycles. The van der Waals surface area contributed by atoms with Gasteiger partial charge in [0, 0.05) is 76.2 Å². The minimum atomic E-state index is -5.17. The Morgan fingerprint density at radius 1 is 0.940 bits per heavy atom. The number of aromatic nitrogens is 3. The van der Waals surface area contributed by atoms with Crippen LogP contribution in [0.4, 0.5) is 33.9 Å². The second-order valence-electron chi connectivity index (χ2n) is 17.7. The molecule has 7 rings (SSSR count). The van der Waals surface area contributed by atoms with Crippen molar-refractivity contribution in [1.29, 1.82) is 0 Å². The van der Waals surface area contributed by atoms with Crippen LogP contribution in [0, 0.1) is 17.2 Å². The summed E-state index contributed by atoms with van der Waals surface area (Å²) in [4.78, 5) is 70.0. The third-order valence-electron chi connectivity index (χ3n) is 12.2. The summed E-state index contributed by atoms with van der Waals surface area (Å²) in [5.74, 6) is -2.33. The fourth-order valence-electron chi connectivity index (χ4n) is 8.65. The lowest BCUT2D eigenvalue weighted by molar-refractivity contribution is -0.274. The first-order valence-electron chi connectivity index (χ1n) is 21.8. The van der Waals surface area contributed by atoms with Gasteiger partial charge in [0.05, 0.1) is 55.0 Å². The summed E-state index contributed by atoms with van der Waals surface area (Å²) >= 11 is 0. The summed E-state index contributed by atoms with van der Waals surface area (Å²) < 4.78 is 77.4. The number of ether oxygens (including phenoxy) is 4. The number of nitrogens with zero attached hydrogens (tertiary/aromatic N) is 5. The van der Waals surface area contributed by atoms with Crippen molar-refractivity contribution < 1.29 is 60.8 Å². The van der Waals surface area contributed by atoms with Crippen LogP contribution in [0.3, 0.4) is 0 Å². The van der Waals surface area contributed by atoms with Gasteiger partial charge in [-0.1, -0.05) is 45.0 Å². The predicted octanol–water partition coefficient (Wildman–Crippen LogP) is 5.92. The molecule has 360 valence electrons. The summed E-state index contributed by atoms with van der Waals surface area (Å²) in [6.07, 6.45) is -1.89. The lowest BCUT2D eigenvalue weighted by atomic mass is 9.90. The van der Waals surface area contributed by atoms with Crippen LogP contribution in [0.1, 0.15) is 62.3 Å². The lowest BCUT2D eigenvalue weighted by Crippen LogP contribution is -2.59. The van der Waals surface area contributed by atoms with Crippen LogP contribution < -0.4 is 20.3 Å². The van der Waals surface area contributed by atoms with E-state index in [1.54, 1.807) is 62.1 Å². The fraction of sp³-hybridized carbons (Fsp3) is 0.478. The van der Waals surface area contributed by atoms with E-state index in [4.69, 9.17) is 14.2 Å². The zero-order valence-electron chi connectivity index (χ0n) is 37.7. The number of amides is 4.